The molecule has 21 heavy (non-hydrogen) atoms. The standard InChI is InChI=1S/C19H23NO/c1-5-12-19(2,3)14-10-11-16-18(13-14)21-17-9-7-6-8-15(17)20(16)4/h6-11,13H,5,12H2,1-4H3. The Kier molecular flexibility index (Phi) is 3.40. The third-order valence-corrected chi connectivity index (χ3v) is 4.42. The van der Waals surface area contributed by atoms with Crippen LogP contribution in [0.5, 0.6) is 11.5 Å². The molecule has 0 saturated carbocycles. The molecule has 0 saturated heterocycles. The lowest BCUT2D eigenvalue weighted by Crippen LogP contribution is -2.19. The number of benzene rings is 2. The zero-order valence-corrected chi connectivity index (χ0v) is 13.3. The molecule has 3 rings (SSSR count). The van der Waals surface area contributed by atoms with Gasteiger partial charge in [-0.25, -0.2) is 0 Å². The fourth-order valence-electron chi connectivity index (χ4n) is 3.13. The monoisotopic (exact) mass is 281 g/mol. The van der Waals surface area contributed by atoms with E-state index in [1.165, 1.54) is 18.4 Å². The van der Waals surface area contributed by atoms with Crippen LogP contribution < -0.4 is 9.64 Å². The molecule has 0 N–H and O–H groups in total. The van der Waals surface area contributed by atoms with Gasteiger partial charge in [0.05, 0.1) is 11.4 Å². The molecular formula is C19H23NO. The average Bonchev–Trinajstić information content (AvgIpc) is 2.47. The lowest BCUT2D eigenvalue weighted by atomic mass is 9.80. The molecule has 0 radical (unpaired) electrons. The van der Waals surface area contributed by atoms with Gasteiger partial charge in [-0.3, -0.25) is 0 Å². The van der Waals surface area contributed by atoms with Crippen molar-refractivity contribution in [1.29, 1.82) is 0 Å². The Morgan fingerprint density at radius 3 is 2.48 bits per heavy atom. The van der Waals surface area contributed by atoms with Gasteiger partial charge in [0.25, 0.3) is 0 Å². The first-order chi connectivity index (χ1) is 10.0. The van der Waals surface area contributed by atoms with Crippen LogP contribution in [0.2, 0.25) is 0 Å². The van der Waals surface area contributed by atoms with Crippen molar-refractivity contribution in [3.8, 4) is 11.5 Å². The smallest absolute Gasteiger partial charge is 0.151 e. The van der Waals surface area contributed by atoms with Crippen LogP contribution in [0, 0.1) is 0 Å². The van der Waals surface area contributed by atoms with E-state index in [-0.39, 0.29) is 5.41 Å². The second-order valence-corrected chi connectivity index (χ2v) is 6.45. The Morgan fingerprint density at radius 1 is 1.00 bits per heavy atom. The van der Waals surface area contributed by atoms with Crippen LogP contribution in [-0.2, 0) is 5.41 Å². The van der Waals surface area contributed by atoms with Gasteiger partial charge in [-0.2, -0.15) is 0 Å². The van der Waals surface area contributed by atoms with E-state index in [4.69, 9.17) is 4.74 Å². The lowest BCUT2D eigenvalue weighted by Gasteiger charge is -2.32. The van der Waals surface area contributed by atoms with E-state index in [1.54, 1.807) is 0 Å². The Hall–Kier alpha value is -1.96. The van der Waals surface area contributed by atoms with E-state index in [1.807, 2.05) is 18.2 Å². The Labute approximate surface area is 127 Å². The first-order valence-electron chi connectivity index (χ1n) is 7.68. The maximum atomic E-state index is 6.12. The van der Waals surface area contributed by atoms with E-state index in [2.05, 4.69) is 57.0 Å². The Morgan fingerprint density at radius 2 is 1.71 bits per heavy atom. The van der Waals surface area contributed by atoms with Crippen molar-refractivity contribution in [2.45, 2.75) is 39.0 Å². The first-order valence-corrected chi connectivity index (χ1v) is 7.68. The predicted molar refractivity (Wildman–Crippen MR) is 89.0 cm³/mol. The highest BCUT2D eigenvalue weighted by molar-refractivity contribution is 5.77. The quantitative estimate of drug-likeness (QED) is 0.722. The van der Waals surface area contributed by atoms with Gasteiger partial charge in [0.15, 0.2) is 11.5 Å². The van der Waals surface area contributed by atoms with Gasteiger partial charge < -0.3 is 9.64 Å². The number of hydrogen-bond acceptors (Lipinski definition) is 2. The second-order valence-electron chi connectivity index (χ2n) is 6.45. The summed E-state index contributed by atoms with van der Waals surface area (Å²) in [6, 6.07) is 14.8. The summed E-state index contributed by atoms with van der Waals surface area (Å²) < 4.78 is 6.12. The molecule has 110 valence electrons. The molecule has 0 unspecified atom stereocenters. The molecule has 0 bridgehead atoms. The maximum absolute atomic E-state index is 6.12. The minimum atomic E-state index is 0.183. The van der Waals surface area contributed by atoms with Gasteiger partial charge in [-0.15, -0.1) is 0 Å². The van der Waals surface area contributed by atoms with Crippen LogP contribution in [0.4, 0.5) is 11.4 Å². The number of para-hydroxylation sites is 2. The first kappa shape index (κ1) is 14.0. The highest BCUT2D eigenvalue weighted by Gasteiger charge is 2.25. The zero-order valence-electron chi connectivity index (χ0n) is 13.3. The molecule has 0 aliphatic carbocycles. The number of anilines is 2. The highest BCUT2D eigenvalue weighted by atomic mass is 16.5. The second kappa shape index (κ2) is 5.10. The van der Waals surface area contributed by atoms with Crippen LogP contribution in [0.1, 0.15) is 39.2 Å². The summed E-state index contributed by atoms with van der Waals surface area (Å²) in [7, 11) is 2.09. The van der Waals surface area contributed by atoms with Gasteiger partial charge in [0.2, 0.25) is 0 Å². The number of ether oxygens (including phenoxy) is 1. The Balaban J connectivity index is 2.02. The molecule has 1 heterocycles. The van der Waals surface area contributed by atoms with Crippen molar-refractivity contribution in [2.24, 2.45) is 0 Å². The van der Waals surface area contributed by atoms with Crippen molar-refractivity contribution in [2.75, 3.05) is 11.9 Å². The van der Waals surface area contributed by atoms with Gasteiger partial charge >= 0.3 is 0 Å². The fraction of sp³-hybridized carbons (Fsp3) is 0.368. The molecule has 0 atom stereocenters. The minimum absolute atomic E-state index is 0.183. The van der Waals surface area contributed by atoms with Crippen molar-refractivity contribution >= 4 is 11.4 Å². The molecule has 2 aromatic carbocycles. The summed E-state index contributed by atoms with van der Waals surface area (Å²) in [5.74, 6) is 1.89. The summed E-state index contributed by atoms with van der Waals surface area (Å²) >= 11 is 0. The molecule has 1 aliphatic heterocycles. The largest absolute Gasteiger partial charge is 0.453 e. The van der Waals surface area contributed by atoms with Crippen LogP contribution in [0.3, 0.4) is 0 Å². The Bertz CT molecular complexity index is 660. The van der Waals surface area contributed by atoms with E-state index in [0.717, 1.165) is 22.9 Å². The van der Waals surface area contributed by atoms with Crippen LogP contribution in [0.25, 0.3) is 0 Å². The molecule has 0 fully saturated rings. The summed E-state index contributed by atoms with van der Waals surface area (Å²) in [5.41, 5.74) is 3.77. The number of rotatable bonds is 3. The molecule has 1 aliphatic rings. The SMILES string of the molecule is CCCC(C)(C)c1ccc2c(c1)Oc1ccccc1N2C. The summed E-state index contributed by atoms with van der Waals surface area (Å²) in [6.07, 6.45) is 2.37. The number of hydrogen-bond donors (Lipinski definition) is 0. The van der Waals surface area contributed by atoms with Crippen molar-refractivity contribution in [3.05, 3.63) is 48.0 Å². The molecule has 0 amide bonds. The minimum Gasteiger partial charge on any atom is -0.453 e. The van der Waals surface area contributed by atoms with Gasteiger partial charge in [0.1, 0.15) is 0 Å². The number of fused-ring (bicyclic) bond motifs is 2. The van der Waals surface area contributed by atoms with E-state index >= 15 is 0 Å². The third kappa shape index (κ3) is 2.39. The molecule has 2 nitrogen and oxygen atoms in total. The van der Waals surface area contributed by atoms with Gasteiger partial charge in [-0.05, 0) is 41.7 Å². The molecular weight excluding hydrogens is 258 g/mol. The van der Waals surface area contributed by atoms with Gasteiger partial charge in [0, 0.05) is 7.05 Å². The third-order valence-electron chi connectivity index (χ3n) is 4.42. The van der Waals surface area contributed by atoms with Crippen LogP contribution in [0.15, 0.2) is 42.5 Å². The highest BCUT2D eigenvalue weighted by Crippen LogP contribution is 2.47. The summed E-state index contributed by atoms with van der Waals surface area (Å²) in [6.45, 7) is 6.85. The maximum Gasteiger partial charge on any atom is 0.151 e. The molecule has 2 heteroatoms. The predicted octanol–water partition coefficient (Wildman–Crippen LogP) is 5.64. The normalized spacial score (nSPS) is 13.4. The fourth-order valence-corrected chi connectivity index (χ4v) is 3.13. The lowest BCUT2D eigenvalue weighted by molar-refractivity contribution is 0.455. The van der Waals surface area contributed by atoms with E-state index in [0.29, 0.717) is 0 Å². The van der Waals surface area contributed by atoms with Crippen molar-refractivity contribution < 1.29 is 4.74 Å². The van der Waals surface area contributed by atoms with Crippen LogP contribution >= 0.6 is 0 Å². The van der Waals surface area contributed by atoms with Gasteiger partial charge in [-0.1, -0.05) is 45.4 Å². The molecule has 0 aromatic heterocycles. The molecule has 0 spiro atoms. The zero-order chi connectivity index (χ0) is 15.0. The van der Waals surface area contributed by atoms with E-state index in [9.17, 15) is 0 Å². The van der Waals surface area contributed by atoms with Crippen molar-refractivity contribution in [1.82, 2.24) is 0 Å². The topological polar surface area (TPSA) is 12.5 Å². The van der Waals surface area contributed by atoms with Crippen LogP contribution in [-0.4, -0.2) is 7.05 Å². The summed E-state index contributed by atoms with van der Waals surface area (Å²) in [5, 5.41) is 0. The van der Waals surface area contributed by atoms with E-state index < -0.39 is 0 Å². The summed E-state index contributed by atoms with van der Waals surface area (Å²) in [4.78, 5) is 2.20. The average molecular weight is 281 g/mol. The number of nitrogens with zero attached hydrogens (tertiary/aromatic N) is 1. The molecule has 2 aromatic rings. The van der Waals surface area contributed by atoms with Crippen molar-refractivity contribution in [3.63, 3.8) is 0 Å².